The first-order valence-corrected chi connectivity index (χ1v) is 4.78. The third kappa shape index (κ3) is 2.18. The van der Waals surface area contributed by atoms with Crippen molar-refractivity contribution in [3.63, 3.8) is 0 Å². The topological polar surface area (TPSA) is 69.4 Å². The van der Waals surface area contributed by atoms with E-state index in [4.69, 9.17) is 4.74 Å². The number of hydrogen-bond acceptors (Lipinski definition) is 4. The van der Waals surface area contributed by atoms with Crippen molar-refractivity contribution in [3.05, 3.63) is 32.9 Å². The van der Waals surface area contributed by atoms with Gasteiger partial charge in [0.1, 0.15) is 5.75 Å². The van der Waals surface area contributed by atoms with Gasteiger partial charge in [0, 0.05) is 12.5 Å². The van der Waals surface area contributed by atoms with Crippen molar-refractivity contribution in [1.29, 1.82) is 0 Å². The summed E-state index contributed by atoms with van der Waals surface area (Å²) in [6.07, 6.45) is 0. The second kappa shape index (κ2) is 4.30. The largest absolute Gasteiger partial charge is 0.426 e. The highest BCUT2D eigenvalue weighted by Crippen LogP contribution is 2.34. The van der Waals surface area contributed by atoms with Gasteiger partial charge in [0.15, 0.2) is 0 Å². The van der Waals surface area contributed by atoms with Crippen molar-refractivity contribution in [2.45, 2.75) is 27.7 Å². The van der Waals surface area contributed by atoms with Crippen LogP contribution in [0.15, 0.2) is 6.07 Å². The number of benzene rings is 1. The lowest BCUT2D eigenvalue weighted by molar-refractivity contribution is -0.386. The summed E-state index contributed by atoms with van der Waals surface area (Å²) < 4.78 is 4.98. The number of aryl methyl sites for hydroxylation is 2. The van der Waals surface area contributed by atoms with Crippen LogP contribution in [-0.2, 0) is 4.79 Å². The van der Waals surface area contributed by atoms with Gasteiger partial charge in [-0.1, -0.05) is 0 Å². The van der Waals surface area contributed by atoms with Crippen molar-refractivity contribution < 1.29 is 14.5 Å². The number of nitro groups is 1. The van der Waals surface area contributed by atoms with Crippen LogP contribution in [0.1, 0.15) is 23.6 Å². The molecule has 5 heteroatoms. The summed E-state index contributed by atoms with van der Waals surface area (Å²) in [7, 11) is 0. The van der Waals surface area contributed by atoms with Gasteiger partial charge in [-0.15, -0.1) is 0 Å². The summed E-state index contributed by atoms with van der Waals surface area (Å²) in [4.78, 5) is 21.3. The molecule has 5 nitrogen and oxygen atoms in total. The Bertz CT molecular complexity index is 466. The molecule has 0 bridgehead atoms. The van der Waals surface area contributed by atoms with E-state index in [1.807, 2.05) is 0 Å². The highest BCUT2D eigenvalue weighted by atomic mass is 16.6. The molecule has 0 saturated carbocycles. The second-order valence-corrected chi connectivity index (χ2v) is 3.66. The van der Waals surface area contributed by atoms with E-state index in [2.05, 4.69) is 0 Å². The van der Waals surface area contributed by atoms with Gasteiger partial charge < -0.3 is 4.74 Å². The van der Waals surface area contributed by atoms with Gasteiger partial charge in [-0.05, 0) is 32.4 Å². The molecule has 16 heavy (non-hydrogen) atoms. The van der Waals surface area contributed by atoms with Gasteiger partial charge in [-0.25, -0.2) is 0 Å². The van der Waals surface area contributed by atoms with Crippen molar-refractivity contribution >= 4 is 11.7 Å². The molecule has 1 aromatic rings. The normalized spacial score (nSPS) is 10.0. The molecule has 0 aliphatic heterocycles. The molecule has 0 aliphatic rings. The Balaban J connectivity index is 3.44. The first kappa shape index (κ1) is 12.2. The number of rotatable bonds is 2. The van der Waals surface area contributed by atoms with Gasteiger partial charge in [-0.2, -0.15) is 0 Å². The van der Waals surface area contributed by atoms with E-state index in [-0.39, 0.29) is 11.4 Å². The molecular formula is C11H13NO4. The maximum atomic E-state index is 10.9. The summed E-state index contributed by atoms with van der Waals surface area (Å²) in [5, 5.41) is 10.9. The summed E-state index contributed by atoms with van der Waals surface area (Å²) >= 11 is 0. The fraction of sp³-hybridized carbons (Fsp3) is 0.364. The fourth-order valence-electron chi connectivity index (χ4n) is 1.74. The summed E-state index contributed by atoms with van der Waals surface area (Å²) in [6, 6.07) is 1.64. The Morgan fingerprint density at radius 3 is 2.31 bits per heavy atom. The zero-order valence-electron chi connectivity index (χ0n) is 9.66. The molecule has 0 aromatic heterocycles. The van der Waals surface area contributed by atoms with Crippen LogP contribution in [0.3, 0.4) is 0 Å². The maximum absolute atomic E-state index is 10.9. The molecule has 0 N–H and O–H groups in total. The van der Waals surface area contributed by atoms with Gasteiger partial charge in [0.05, 0.1) is 10.5 Å². The third-order valence-corrected chi connectivity index (χ3v) is 2.29. The van der Waals surface area contributed by atoms with E-state index in [0.29, 0.717) is 11.1 Å². The predicted molar refractivity (Wildman–Crippen MR) is 58.6 cm³/mol. The molecule has 0 unspecified atom stereocenters. The Hall–Kier alpha value is -1.91. The van der Waals surface area contributed by atoms with E-state index in [0.717, 1.165) is 5.56 Å². The number of hydrogen-bond donors (Lipinski definition) is 0. The monoisotopic (exact) mass is 223 g/mol. The van der Waals surface area contributed by atoms with Gasteiger partial charge in [0.2, 0.25) is 0 Å². The number of carbonyl (C=O) groups is 1. The Kier molecular flexibility index (Phi) is 3.27. The SMILES string of the molecule is CC(=O)Oc1c(C)cc(C)c([N+](=O)[O-])c1C. The smallest absolute Gasteiger partial charge is 0.308 e. The number of nitrogens with zero attached hydrogens (tertiary/aromatic N) is 1. The molecular weight excluding hydrogens is 210 g/mol. The zero-order chi connectivity index (χ0) is 12.5. The summed E-state index contributed by atoms with van der Waals surface area (Å²) in [6.45, 7) is 6.26. The van der Waals surface area contributed by atoms with Crippen LogP contribution in [0.25, 0.3) is 0 Å². The molecule has 0 aliphatic carbocycles. The summed E-state index contributed by atoms with van der Waals surface area (Å²) in [5.41, 5.74) is 1.67. The van der Waals surface area contributed by atoms with Crippen LogP contribution >= 0.6 is 0 Å². The number of carbonyl (C=O) groups excluding carboxylic acids is 1. The Labute approximate surface area is 93.2 Å². The third-order valence-electron chi connectivity index (χ3n) is 2.29. The zero-order valence-corrected chi connectivity index (χ0v) is 9.66. The minimum absolute atomic E-state index is 0.00171. The van der Waals surface area contributed by atoms with Crippen molar-refractivity contribution in [2.75, 3.05) is 0 Å². The molecule has 0 radical (unpaired) electrons. The minimum Gasteiger partial charge on any atom is -0.426 e. The van der Waals surface area contributed by atoms with Gasteiger partial charge >= 0.3 is 5.97 Å². The number of ether oxygens (including phenoxy) is 1. The first-order valence-electron chi connectivity index (χ1n) is 4.78. The lowest BCUT2D eigenvalue weighted by Gasteiger charge is -2.11. The Morgan fingerprint density at radius 1 is 1.31 bits per heavy atom. The standard InChI is InChI=1S/C11H13NO4/c1-6-5-7(2)11(16-9(4)13)8(3)10(6)12(14)15/h5H,1-4H3. The predicted octanol–water partition coefficient (Wildman–Crippen LogP) is 2.45. The van der Waals surface area contributed by atoms with Crippen LogP contribution in [0.5, 0.6) is 5.75 Å². The molecule has 0 saturated heterocycles. The quantitative estimate of drug-likeness (QED) is 0.334. The first-order chi connectivity index (χ1) is 7.34. The maximum Gasteiger partial charge on any atom is 0.308 e. The molecule has 1 aromatic carbocycles. The highest BCUT2D eigenvalue weighted by Gasteiger charge is 2.21. The number of esters is 1. The van der Waals surface area contributed by atoms with Crippen molar-refractivity contribution in [1.82, 2.24) is 0 Å². The van der Waals surface area contributed by atoms with E-state index >= 15 is 0 Å². The van der Waals surface area contributed by atoms with E-state index in [1.165, 1.54) is 6.92 Å². The average Bonchev–Trinajstić information content (AvgIpc) is 2.10. The molecule has 0 spiro atoms. The van der Waals surface area contributed by atoms with Crippen LogP contribution in [0.2, 0.25) is 0 Å². The molecule has 0 heterocycles. The lowest BCUT2D eigenvalue weighted by Crippen LogP contribution is -2.07. The highest BCUT2D eigenvalue weighted by molar-refractivity contribution is 5.72. The van der Waals surface area contributed by atoms with Crippen LogP contribution in [-0.4, -0.2) is 10.9 Å². The second-order valence-electron chi connectivity index (χ2n) is 3.66. The molecule has 86 valence electrons. The summed E-state index contributed by atoms with van der Waals surface area (Å²) in [5.74, 6) is -0.200. The van der Waals surface area contributed by atoms with Crippen LogP contribution in [0.4, 0.5) is 5.69 Å². The van der Waals surface area contributed by atoms with E-state index in [1.54, 1.807) is 26.8 Å². The average molecular weight is 223 g/mol. The van der Waals surface area contributed by atoms with Crippen molar-refractivity contribution in [2.24, 2.45) is 0 Å². The molecule has 0 amide bonds. The molecule has 1 rings (SSSR count). The molecule has 0 fully saturated rings. The van der Waals surface area contributed by atoms with E-state index in [9.17, 15) is 14.9 Å². The van der Waals surface area contributed by atoms with Crippen LogP contribution in [0, 0.1) is 30.9 Å². The van der Waals surface area contributed by atoms with Crippen molar-refractivity contribution in [3.8, 4) is 5.75 Å². The van der Waals surface area contributed by atoms with E-state index < -0.39 is 10.9 Å². The molecule has 0 atom stereocenters. The number of nitro benzene ring substituents is 1. The lowest BCUT2D eigenvalue weighted by atomic mass is 10.0. The van der Waals surface area contributed by atoms with Crippen LogP contribution < -0.4 is 4.74 Å². The fourth-order valence-corrected chi connectivity index (χ4v) is 1.74. The van der Waals surface area contributed by atoms with Gasteiger partial charge in [-0.3, -0.25) is 14.9 Å². The minimum atomic E-state index is -0.482. The van der Waals surface area contributed by atoms with Gasteiger partial charge in [0.25, 0.3) is 5.69 Å². The Morgan fingerprint density at radius 2 is 1.88 bits per heavy atom.